The van der Waals surface area contributed by atoms with Crippen LogP contribution in [0.3, 0.4) is 0 Å². The highest BCUT2D eigenvalue weighted by molar-refractivity contribution is 6.17. The molecule has 0 N–H and O–H groups in total. The van der Waals surface area contributed by atoms with Crippen molar-refractivity contribution in [2.45, 2.75) is 45.4 Å². The van der Waals surface area contributed by atoms with E-state index in [-0.39, 0.29) is 0 Å². The zero-order valence-corrected chi connectivity index (χ0v) is 9.15. The van der Waals surface area contributed by atoms with Crippen LogP contribution >= 0.6 is 11.6 Å². The highest BCUT2D eigenvalue weighted by atomic mass is 35.5. The van der Waals surface area contributed by atoms with Gasteiger partial charge in [-0.15, -0.1) is 11.6 Å². The quantitative estimate of drug-likeness (QED) is 0.639. The van der Waals surface area contributed by atoms with Crippen molar-refractivity contribution in [3.63, 3.8) is 0 Å². The number of carbonyl (C=O) groups is 1. The predicted molar refractivity (Wildman–Crippen MR) is 56.1 cm³/mol. The summed E-state index contributed by atoms with van der Waals surface area (Å²) in [6.07, 6.45) is 6.24. The third-order valence-corrected chi connectivity index (χ3v) is 3.30. The Morgan fingerprint density at radius 1 is 1.31 bits per heavy atom. The summed E-state index contributed by atoms with van der Waals surface area (Å²) in [7, 11) is 0. The molecule has 0 saturated heterocycles. The Bertz CT molecular complexity index is 159. The molecule has 0 aliphatic heterocycles. The van der Waals surface area contributed by atoms with Crippen molar-refractivity contribution in [2.24, 2.45) is 11.8 Å². The lowest BCUT2D eigenvalue weighted by atomic mass is 9.80. The fourth-order valence-electron chi connectivity index (χ4n) is 2.03. The molecule has 0 atom stereocenters. The minimum Gasteiger partial charge on any atom is -0.299 e. The molecule has 0 aromatic carbocycles. The molecular formula is C11H19ClO. The van der Waals surface area contributed by atoms with Crippen LogP contribution in [0, 0.1) is 11.8 Å². The number of alkyl halides is 1. The van der Waals surface area contributed by atoms with Crippen LogP contribution in [-0.4, -0.2) is 11.7 Å². The fraction of sp³-hybridized carbons (Fsp3) is 0.909. The second kappa shape index (κ2) is 5.64. The van der Waals surface area contributed by atoms with Gasteiger partial charge in [0.1, 0.15) is 5.78 Å². The minimum absolute atomic E-state index is 0.361. The third kappa shape index (κ3) is 3.68. The summed E-state index contributed by atoms with van der Waals surface area (Å²) in [6, 6.07) is 0. The first-order valence-electron chi connectivity index (χ1n) is 5.32. The van der Waals surface area contributed by atoms with Crippen LogP contribution in [0.5, 0.6) is 0 Å². The maximum Gasteiger partial charge on any atom is 0.136 e. The van der Waals surface area contributed by atoms with Crippen molar-refractivity contribution in [3.05, 3.63) is 0 Å². The van der Waals surface area contributed by atoms with Gasteiger partial charge in [0.25, 0.3) is 0 Å². The molecule has 0 bridgehead atoms. The highest BCUT2D eigenvalue weighted by Crippen LogP contribution is 2.29. The van der Waals surface area contributed by atoms with E-state index in [4.69, 9.17) is 11.6 Å². The van der Waals surface area contributed by atoms with Gasteiger partial charge < -0.3 is 0 Å². The molecule has 0 spiro atoms. The van der Waals surface area contributed by atoms with E-state index in [1.165, 1.54) is 12.8 Å². The molecule has 0 amide bonds. The van der Waals surface area contributed by atoms with Gasteiger partial charge in [-0.3, -0.25) is 4.79 Å². The summed E-state index contributed by atoms with van der Waals surface area (Å²) in [4.78, 5) is 11.6. The first kappa shape index (κ1) is 11.0. The number of hydrogen-bond acceptors (Lipinski definition) is 1. The number of carbonyl (C=O) groups excluding carboxylic acids is 1. The summed E-state index contributed by atoms with van der Waals surface area (Å²) in [5.74, 6) is 2.26. The SMILES string of the molecule is CC1CCC(C(=O)CCCCl)CC1. The van der Waals surface area contributed by atoms with Crippen LogP contribution in [0.1, 0.15) is 45.4 Å². The first-order chi connectivity index (χ1) is 6.24. The largest absolute Gasteiger partial charge is 0.299 e. The van der Waals surface area contributed by atoms with Gasteiger partial charge in [-0.25, -0.2) is 0 Å². The Morgan fingerprint density at radius 3 is 2.46 bits per heavy atom. The van der Waals surface area contributed by atoms with E-state index >= 15 is 0 Å². The molecule has 0 radical (unpaired) electrons. The third-order valence-electron chi connectivity index (χ3n) is 3.03. The van der Waals surface area contributed by atoms with E-state index in [0.717, 1.165) is 25.2 Å². The molecule has 0 heterocycles. The Labute approximate surface area is 85.8 Å². The van der Waals surface area contributed by atoms with E-state index in [9.17, 15) is 4.79 Å². The lowest BCUT2D eigenvalue weighted by molar-refractivity contribution is -0.124. The van der Waals surface area contributed by atoms with Crippen molar-refractivity contribution in [2.75, 3.05) is 5.88 Å². The number of halogens is 1. The van der Waals surface area contributed by atoms with Crippen molar-refractivity contribution >= 4 is 17.4 Å². The lowest BCUT2D eigenvalue weighted by Crippen LogP contribution is -2.20. The van der Waals surface area contributed by atoms with Crippen LogP contribution in [0.4, 0.5) is 0 Å². The van der Waals surface area contributed by atoms with Crippen LogP contribution in [0.25, 0.3) is 0 Å². The van der Waals surface area contributed by atoms with E-state index in [1.54, 1.807) is 0 Å². The van der Waals surface area contributed by atoms with Crippen LogP contribution in [0.2, 0.25) is 0 Å². The van der Waals surface area contributed by atoms with Crippen molar-refractivity contribution in [3.8, 4) is 0 Å². The summed E-state index contributed by atoms with van der Waals surface area (Å²) >= 11 is 5.56. The molecule has 1 saturated carbocycles. The average Bonchev–Trinajstić information content (AvgIpc) is 2.15. The summed E-state index contributed by atoms with van der Waals surface area (Å²) in [5.41, 5.74) is 0. The molecule has 1 rings (SSSR count). The molecule has 0 unspecified atom stereocenters. The Hall–Kier alpha value is -0.0400. The monoisotopic (exact) mass is 202 g/mol. The van der Waals surface area contributed by atoms with Crippen molar-refractivity contribution in [1.29, 1.82) is 0 Å². The highest BCUT2D eigenvalue weighted by Gasteiger charge is 2.23. The maximum atomic E-state index is 11.6. The number of rotatable bonds is 4. The molecule has 13 heavy (non-hydrogen) atoms. The van der Waals surface area contributed by atoms with Crippen molar-refractivity contribution in [1.82, 2.24) is 0 Å². The van der Waals surface area contributed by atoms with E-state index in [2.05, 4.69) is 6.92 Å². The van der Waals surface area contributed by atoms with Gasteiger partial charge in [-0.2, -0.15) is 0 Å². The summed E-state index contributed by atoms with van der Waals surface area (Å²) in [5, 5.41) is 0. The molecule has 2 heteroatoms. The Kier molecular flexibility index (Phi) is 4.79. The van der Waals surface area contributed by atoms with Crippen LogP contribution in [0.15, 0.2) is 0 Å². The maximum absolute atomic E-state index is 11.6. The summed E-state index contributed by atoms with van der Waals surface area (Å²) < 4.78 is 0. The lowest BCUT2D eigenvalue weighted by Gasteiger charge is -2.24. The number of hydrogen-bond donors (Lipinski definition) is 0. The average molecular weight is 203 g/mol. The Balaban J connectivity index is 2.23. The molecule has 0 aromatic rings. The second-order valence-corrected chi connectivity index (χ2v) is 4.59. The molecule has 1 fully saturated rings. The molecule has 1 nitrogen and oxygen atoms in total. The van der Waals surface area contributed by atoms with E-state index in [1.807, 2.05) is 0 Å². The molecular weight excluding hydrogens is 184 g/mol. The van der Waals surface area contributed by atoms with Gasteiger partial charge >= 0.3 is 0 Å². The topological polar surface area (TPSA) is 17.1 Å². The molecule has 0 aromatic heterocycles. The zero-order valence-electron chi connectivity index (χ0n) is 8.39. The zero-order chi connectivity index (χ0) is 9.68. The first-order valence-corrected chi connectivity index (χ1v) is 5.86. The van der Waals surface area contributed by atoms with E-state index < -0.39 is 0 Å². The molecule has 1 aliphatic carbocycles. The fourth-order valence-corrected chi connectivity index (χ4v) is 2.16. The van der Waals surface area contributed by atoms with Gasteiger partial charge in [0, 0.05) is 18.2 Å². The van der Waals surface area contributed by atoms with Gasteiger partial charge in [-0.1, -0.05) is 19.8 Å². The smallest absolute Gasteiger partial charge is 0.136 e. The molecule has 1 aliphatic rings. The van der Waals surface area contributed by atoms with Gasteiger partial charge in [0.05, 0.1) is 0 Å². The van der Waals surface area contributed by atoms with Crippen LogP contribution < -0.4 is 0 Å². The number of ketones is 1. The standard InChI is InChI=1S/C11H19ClO/c1-9-4-6-10(7-5-9)11(13)3-2-8-12/h9-10H,2-8H2,1H3. The minimum atomic E-state index is 0.361. The van der Waals surface area contributed by atoms with E-state index in [0.29, 0.717) is 24.0 Å². The van der Waals surface area contributed by atoms with Gasteiger partial charge in [-0.05, 0) is 25.2 Å². The molecule has 76 valence electrons. The second-order valence-electron chi connectivity index (χ2n) is 4.22. The van der Waals surface area contributed by atoms with Gasteiger partial charge in [0.2, 0.25) is 0 Å². The van der Waals surface area contributed by atoms with Crippen molar-refractivity contribution < 1.29 is 4.79 Å². The van der Waals surface area contributed by atoms with Gasteiger partial charge in [0.15, 0.2) is 0 Å². The van der Waals surface area contributed by atoms with Crippen LogP contribution in [-0.2, 0) is 4.79 Å². The normalized spacial score (nSPS) is 28.8. The Morgan fingerprint density at radius 2 is 1.92 bits per heavy atom. The number of Topliss-reactive ketones (excluding diaryl/α,β-unsaturated/α-hetero) is 1. The predicted octanol–water partition coefficient (Wildman–Crippen LogP) is 3.40. The summed E-state index contributed by atoms with van der Waals surface area (Å²) in [6.45, 7) is 2.28.